The van der Waals surface area contributed by atoms with E-state index < -0.39 is 11.6 Å². The van der Waals surface area contributed by atoms with E-state index in [2.05, 4.69) is 0 Å². The number of allylic oxidation sites excluding steroid dienone is 1. The zero-order chi connectivity index (χ0) is 9.31. The van der Waals surface area contributed by atoms with Gasteiger partial charge in [-0.2, -0.15) is 0 Å². The van der Waals surface area contributed by atoms with Gasteiger partial charge in [-0.05, 0) is 18.4 Å². The van der Waals surface area contributed by atoms with Gasteiger partial charge in [0, 0.05) is 12.8 Å². The second-order valence-corrected chi connectivity index (χ2v) is 3.98. The molecule has 0 aromatic carbocycles. The topological polar surface area (TPSA) is 46.5 Å². The molecule has 0 saturated heterocycles. The molecule has 13 heavy (non-hydrogen) atoms. The van der Waals surface area contributed by atoms with Crippen molar-refractivity contribution in [1.82, 2.24) is 0 Å². The second kappa shape index (κ2) is 3.05. The molecule has 2 aliphatic rings. The van der Waals surface area contributed by atoms with Crippen LogP contribution in [0.4, 0.5) is 0 Å². The fourth-order valence-electron chi connectivity index (χ4n) is 1.80. The normalized spacial score (nSPS) is 32.6. The summed E-state index contributed by atoms with van der Waals surface area (Å²) in [6.45, 7) is 0. The summed E-state index contributed by atoms with van der Waals surface area (Å²) >= 11 is 0. The molecule has 0 radical (unpaired) electrons. The number of hydrogen-bond donors (Lipinski definition) is 1. The van der Waals surface area contributed by atoms with Crippen LogP contribution in [-0.2, 0) is 9.53 Å². The van der Waals surface area contributed by atoms with E-state index >= 15 is 0 Å². The minimum Gasteiger partial charge on any atom is -0.483 e. The van der Waals surface area contributed by atoms with Crippen LogP contribution in [0.1, 0.15) is 32.1 Å². The molecule has 2 rings (SSSR count). The van der Waals surface area contributed by atoms with Crippen molar-refractivity contribution in [3.8, 4) is 0 Å². The van der Waals surface area contributed by atoms with Crippen LogP contribution in [0.2, 0.25) is 0 Å². The number of carbonyl (C=O) groups is 1. The predicted octanol–water partition coefficient (Wildman–Crippen LogP) is 1.93. The maximum absolute atomic E-state index is 11.1. The molecule has 1 aliphatic carbocycles. The lowest BCUT2D eigenvalue weighted by atomic mass is 9.90. The van der Waals surface area contributed by atoms with Crippen molar-refractivity contribution in [1.29, 1.82) is 0 Å². The Morgan fingerprint density at radius 1 is 1.62 bits per heavy atom. The van der Waals surface area contributed by atoms with Gasteiger partial charge in [-0.3, -0.25) is 0 Å². The number of ether oxygens (including phenoxy) is 1. The van der Waals surface area contributed by atoms with Gasteiger partial charge in [0.25, 0.3) is 0 Å². The van der Waals surface area contributed by atoms with Crippen LogP contribution in [0.5, 0.6) is 0 Å². The van der Waals surface area contributed by atoms with E-state index in [0.29, 0.717) is 18.8 Å². The number of rotatable bonds is 3. The van der Waals surface area contributed by atoms with Crippen molar-refractivity contribution in [2.45, 2.75) is 37.7 Å². The van der Waals surface area contributed by atoms with Crippen LogP contribution in [0.15, 0.2) is 12.3 Å². The highest BCUT2D eigenvalue weighted by atomic mass is 16.5. The highest BCUT2D eigenvalue weighted by molar-refractivity contribution is 5.77. The number of carboxylic acids is 1. The molecule has 3 nitrogen and oxygen atoms in total. The summed E-state index contributed by atoms with van der Waals surface area (Å²) in [5.74, 6) is -0.216. The van der Waals surface area contributed by atoms with Gasteiger partial charge in [0.05, 0.1) is 6.26 Å². The van der Waals surface area contributed by atoms with E-state index in [4.69, 9.17) is 9.84 Å². The molecule has 1 N–H and O–H groups in total. The van der Waals surface area contributed by atoms with Gasteiger partial charge < -0.3 is 9.84 Å². The number of hydrogen-bond acceptors (Lipinski definition) is 2. The maximum atomic E-state index is 11.1. The fourth-order valence-corrected chi connectivity index (χ4v) is 1.80. The van der Waals surface area contributed by atoms with Gasteiger partial charge in [0.1, 0.15) is 0 Å². The summed E-state index contributed by atoms with van der Waals surface area (Å²) in [7, 11) is 0. The Hall–Kier alpha value is -0.990. The average molecular weight is 182 g/mol. The minimum atomic E-state index is -0.907. The first-order chi connectivity index (χ1) is 6.23. The molecule has 1 saturated carbocycles. The minimum absolute atomic E-state index is 0.586. The Bertz CT molecular complexity index is 243. The standard InChI is InChI=1S/C10H14O3/c11-9(12)10(7-8-3-4-8)5-1-2-6-13-10/h2,6,8H,1,3-5,7H2,(H,11,12). The molecule has 0 aromatic heterocycles. The molecule has 1 fully saturated rings. The zero-order valence-corrected chi connectivity index (χ0v) is 7.53. The van der Waals surface area contributed by atoms with Gasteiger partial charge in [-0.1, -0.05) is 12.8 Å². The molecule has 0 amide bonds. The molecule has 72 valence electrons. The van der Waals surface area contributed by atoms with Gasteiger partial charge >= 0.3 is 5.97 Å². The number of aliphatic carboxylic acids is 1. The van der Waals surface area contributed by atoms with E-state index in [9.17, 15) is 4.79 Å². The van der Waals surface area contributed by atoms with E-state index in [1.807, 2.05) is 6.08 Å². The van der Waals surface area contributed by atoms with E-state index in [1.165, 1.54) is 12.8 Å². The number of carboxylic acid groups (broad SMARTS) is 1. The molecule has 1 atom stereocenters. The molecule has 1 aliphatic heterocycles. The van der Waals surface area contributed by atoms with Crippen LogP contribution in [-0.4, -0.2) is 16.7 Å². The van der Waals surface area contributed by atoms with Crippen LogP contribution < -0.4 is 0 Å². The van der Waals surface area contributed by atoms with E-state index in [0.717, 1.165) is 6.42 Å². The SMILES string of the molecule is O=C(O)C1(CC2CC2)CCC=CO1. The average Bonchev–Trinajstić information content (AvgIpc) is 2.90. The lowest BCUT2D eigenvalue weighted by molar-refractivity contribution is -0.162. The van der Waals surface area contributed by atoms with Gasteiger partial charge in [0.2, 0.25) is 5.60 Å². The molecule has 0 spiro atoms. The summed E-state index contributed by atoms with van der Waals surface area (Å²) in [6, 6.07) is 0. The Morgan fingerprint density at radius 2 is 2.38 bits per heavy atom. The third-order valence-electron chi connectivity index (χ3n) is 2.81. The van der Waals surface area contributed by atoms with Crippen molar-refractivity contribution in [2.75, 3.05) is 0 Å². The first-order valence-electron chi connectivity index (χ1n) is 4.79. The third kappa shape index (κ3) is 1.69. The monoisotopic (exact) mass is 182 g/mol. The Balaban J connectivity index is 2.08. The summed E-state index contributed by atoms with van der Waals surface area (Å²) in [5, 5.41) is 9.11. The molecule has 1 unspecified atom stereocenters. The largest absolute Gasteiger partial charge is 0.483 e. The lowest BCUT2D eigenvalue weighted by Gasteiger charge is -2.30. The van der Waals surface area contributed by atoms with Crippen LogP contribution in [0.25, 0.3) is 0 Å². The van der Waals surface area contributed by atoms with Crippen molar-refractivity contribution in [3.63, 3.8) is 0 Å². The molecular formula is C10H14O3. The molecular weight excluding hydrogens is 168 g/mol. The van der Waals surface area contributed by atoms with Gasteiger partial charge in [-0.25, -0.2) is 4.79 Å². The Kier molecular flexibility index (Phi) is 2.02. The summed E-state index contributed by atoms with van der Waals surface area (Å²) in [5.41, 5.74) is -0.907. The van der Waals surface area contributed by atoms with Crippen molar-refractivity contribution >= 4 is 5.97 Å². The van der Waals surface area contributed by atoms with Gasteiger partial charge in [0.15, 0.2) is 0 Å². The molecule has 0 aromatic rings. The zero-order valence-electron chi connectivity index (χ0n) is 7.53. The highest BCUT2D eigenvalue weighted by Gasteiger charge is 2.45. The summed E-state index contributed by atoms with van der Waals surface area (Å²) in [6.07, 6.45) is 7.89. The first kappa shape index (κ1) is 8.60. The van der Waals surface area contributed by atoms with Crippen molar-refractivity contribution < 1.29 is 14.6 Å². The van der Waals surface area contributed by atoms with Crippen LogP contribution in [0, 0.1) is 5.92 Å². The second-order valence-electron chi connectivity index (χ2n) is 3.98. The van der Waals surface area contributed by atoms with E-state index in [1.54, 1.807) is 6.26 Å². The van der Waals surface area contributed by atoms with Crippen molar-refractivity contribution in [2.24, 2.45) is 5.92 Å². The van der Waals surface area contributed by atoms with Crippen LogP contribution in [0.3, 0.4) is 0 Å². The maximum Gasteiger partial charge on any atom is 0.348 e. The van der Waals surface area contributed by atoms with Crippen molar-refractivity contribution in [3.05, 3.63) is 12.3 Å². The van der Waals surface area contributed by atoms with Gasteiger partial charge in [-0.15, -0.1) is 0 Å². The first-order valence-corrected chi connectivity index (χ1v) is 4.79. The summed E-state index contributed by atoms with van der Waals surface area (Å²) in [4.78, 5) is 11.1. The Labute approximate surface area is 77.4 Å². The Morgan fingerprint density at radius 3 is 2.85 bits per heavy atom. The third-order valence-corrected chi connectivity index (χ3v) is 2.81. The smallest absolute Gasteiger partial charge is 0.348 e. The highest BCUT2D eigenvalue weighted by Crippen LogP contribution is 2.41. The quantitative estimate of drug-likeness (QED) is 0.725. The lowest BCUT2D eigenvalue weighted by Crippen LogP contribution is -2.42. The summed E-state index contributed by atoms with van der Waals surface area (Å²) < 4.78 is 5.30. The molecule has 0 bridgehead atoms. The predicted molar refractivity (Wildman–Crippen MR) is 47.2 cm³/mol. The molecule has 1 heterocycles. The van der Waals surface area contributed by atoms with E-state index in [-0.39, 0.29) is 0 Å². The van der Waals surface area contributed by atoms with Crippen LogP contribution >= 0.6 is 0 Å². The molecule has 3 heteroatoms. The fraction of sp³-hybridized carbons (Fsp3) is 0.700.